The number of hydroxylamine groups is 1. The quantitative estimate of drug-likeness (QED) is 0.820. The highest BCUT2D eigenvalue weighted by molar-refractivity contribution is 5.97. The van der Waals surface area contributed by atoms with Gasteiger partial charge in [-0.05, 0) is 18.2 Å². The smallest absolute Gasteiger partial charge is 0.269 e. The number of nitrogens with two attached hydrogens (primary N) is 1. The van der Waals surface area contributed by atoms with E-state index in [4.69, 9.17) is 10.5 Å². The summed E-state index contributed by atoms with van der Waals surface area (Å²) in [7, 11) is 0. The van der Waals surface area contributed by atoms with Gasteiger partial charge in [0.2, 0.25) is 0 Å². The van der Waals surface area contributed by atoms with Gasteiger partial charge in [-0.3, -0.25) is 10.0 Å². The average molecular weight is 289 g/mol. The Kier molecular flexibility index (Phi) is 3.28. The molecule has 0 saturated heterocycles. The van der Waals surface area contributed by atoms with Crippen molar-refractivity contribution in [2.45, 2.75) is 12.5 Å². The number of fused-ring (bicyclic) bond motifs is 1. The van der Waals surface area contributed by atoms with Crippen LogP contribution in [0, 0.1) is 5.82 Å². The summed E-state index contributed by atoms with van der Waals surface area (Å²) in [5, 5.41) is 10.1. The Bertz CT molecular complexity index is 708. The van der Waals surface area contributed by atoms with Gasteiger partial charge in [0.1, 0.15) is 5.75 Å². The fourth-order valence-electron chi connectivity index (χ4n) is 2.12. The lowest BCUT2D eigenvalue weighted by molar-refractivity contribution is -0.125. The maximum absolute atomic E-state index is 13.5. The number of carbonyl (C=O) groups is 1. The molecule has 0 aliphatic carbocycles. The van der Waals surface area contributed by atoms with Crippen LogP contribution in [0.1, 0.15) is 5.56 Å². The molecule has 108 valence electrons. The molecule has 21 heavy (non-hydrogen) atoms. The Morgan fingerprint density at radius 3 is 2.95 bits per heavy atom. The summed E-state index contributed by atoms with van der Waals surface area (Å²) < 4.78 is 18.9. The molecular weight excluding hydrogens is 277 g/mol. The van der Waals surface area contributed by atoms with Gasteiger partial charge in [0, 0.05) is 12.0 Å². The summed E-state index contributed by atoms with van der Waals surface area (Å²) in [4.78, 5) is 15.5. The molecule has 0 spiro atoms. The summed E-state index contributed by atoms with van der Waals surface area (Å²) in [6.07, 6.45) is 1.53. The lowest BCUT2D eigenvalue weighted by Gasteiger charge is -2.26. The standard InChI is InChI=1S/C14H12FN3O3/c15-10-3-1-2-4-12(10)21-9-5-8-6-11(16)14(19)18(20)13(8)17-7-9/h1-5,7,11,20H,6,16H2/t11-/m0/s1. The normalized spacial score (nSPS) is 17.6. The number of halogens is 1. The van der Waals surface area contributed by atoms with Gasteiger partial charge in [-0.15, -0.1) is 0 Å². The van der Waals surface area contributed by atoms with Gasteiger partial charge in [-0.25, -0.2) is 9.37 Å². The van der Waals surface area contributed by atoms with Crippen molar-refractivity contribution in [2.24, 2.45) is 5.73 Å². The Morgan fingerprint density at radius 1 is 1.43 bits per heavy atom. The third kappa shape index (κ3) is 2.44. The second-order valence-electron chi connectivity index (χ2n) is 4.65. The molecule has 2 heterocycles. The minimum Gasteiger partial charge on any atom is -0.453 e. The van der Waals surface area contributed by atoms with E-state index in [0.29, 0.717) is 16.4 Å². The summed E-state index contributed by atoms with van der Waals surface area (Å²) in [6, 6.07) is 6.71. The zero-order valence-electron chi connectivity index (χ0n) is 10.9. The van der Waals surface area contributed by atoms with E-state index in [1.165, 1.54) is 18.3 Å². The Hall–Kier alpha value is -2.51. The third-order valence-corrected chi connectivity index (χ3v) is 3.15. The first-order valence-electron chi connectivity index (χ1n) is 6.26. The Balaban J connectivity index is 1.92. The van der Waals surface area contributed by atoms with Crippen molar-refractivity contribution >= 4 is 11.7 Å². The summed E-state index contributed by atoms with van der Waals surface area (Å²) in [5.41, 5.74) is 6.18. The van der Waals surface area contributed by atoms with E-state index in [0.717, 1.165) is 0 Å². The molecule has 0 radical (unpaired) electrons. The zero-order valence-corrected chi connectivity index (χ0v) is 10.9. The van der Waals surface area contributed by atoms with Crippen molar-refractivity contribution in [1.29, 1.82) is 0 Å². The molecule has 1 aliphatic rings. The first kappa shape index (κ1) is 13.5. The van der Waals surface area contributed by atoms with Crippen molar-refractivity contribution in [2.75, 3.05) is 5.06 Å². The minimum atomic E-state index is -0.840. The topological polar surface area (TPSA) is 88.7 Å². The molecule has 3 N–H and O–H groups in total. The van der Waals surface area contributed by atoms with Crippen LogP contribution in [0.5, 0.6) is 11.5 Å². The molecule has 0 fully saturated rings. The molecule has 1 aliphatic heterocycles. The molecule has 7 heteroatoms. The van der Waals surface area contributed by atoms with Gasteiger partial charge >= 0.3 is 0 Å². The highest BCUT2D eigenvalue weighted by atomic mass is 19.1. The number of amides is 1. The van der Waals surface area contributed by atoms with E-state index in [2.05, 4.69) is 4.98 Å². The average Bonchev–Trinajstić information content (AvgIpc) is 2.47. The lowest BCUT2D eigenvalue weighted by Crippen LogP contribution is -2.47. The van der Waals surface area contributed by atoms with Crippen LogP contribution in [0.25, 0.3) is 0 Å². The van der Waals surface area contributed by atoms with Crippen LogP contribution >= 0.6 is 0 Å². The number of aromatic nitrogens is 1. The molecule has 1 aromatic heterocycles. The summed E-state index contributed by atoms with van der Waals surface area (Å²) >= 11 is 0. The molecule has 0 saturated carbocycles. The number of rotatable bonds is 2. The lowest BCUT2D eigenvalue weighted by atomic mass is 10.0. The van der Waals surface area contributed by atoms with E-state index in [1.54, 1.807) is 18.2 Å². The van der Waals surface area contributed by atoms with Crippen LogP contribution in [0.4, 0.5) is 10.2 Å². The number of carbonyl (C=O) groups excluding carboxylic acids is 1. The molecule has 1 atom stereocenters. The van der Waals surface area contributed by atoms with Crippen LogP contribution in [0.15, 0.2) is 36.5 Å². The number of benzene rings is 1. The van der Waals surface area contributed by atoms with Crippen molar-refractivity contribution < 1.29 is 19.1 Å². The van der Waals surface area contributed by atoms with E-state index < -0.39 is 17.8 Å². The van der Waals surface area contributed by atoms with Gasteiger partial charge in [0.15, 0.2) is 17.4 Å². The summed E-state index contributed by atoms with van der Waals surface area (Å²) in [5.74, 6) is -0.628. The minimum absolute atomic E-state index is 0.0660. The third-order valence-electron chi connectivity index (χ3n) is 3.15. The van der Waals surface area contributed by atoms with Crippen molar-refractivity contribution in [1.82, 2.24) is 4.98 Å². The first-order chi connectivity index (χ1) is 10.1. The molecular formula is C14H12FN3O3. The zero-order chi connectivity index (χ0) is 15.0. The number of para-hydroxylation sites is 1. The molecule has 0 bridgehead atoms. The van der Waals surface area contributed by atoms with E-state index in [1.807, 2.05) is 0 Å². The van der Waals surface area contributed by atoms with Crippen LogP contribution in [0.2, 0.25) is 0 Å². The van der Waals surface area contributed by atoms with Gasteiger partial charge in [0.05, 0.1) is 12.2 Å². The SMILES string of the molecule is N[C@H]1Cc2cc(Oc3ccccc3F)cnc2N(O)C1=O. The fraction of sp³-hybridized carbons (Fsp3) is 0.143. The van der Waals surface area contributed by atoms with Gasteiger partial charge in [-0.1, -0.05) is 12.1 Å². The number of hydrogen-bond acceptors (Lipinski definition) is 5. The Morgan fingerprint density at radius 2 is 2.19 bits per heavy atom. The summed E-state index contributed by atoms with van der Waals surface area (Å²) in [6.45, 7) is 0. The molecule has 2 aromatic rings. The first-order valence-corrected chi connectivity index (χ1v) is 6.26. The highest BCUT2D eigenvalue weighted by Gasteiger charge is 2.31. The molecule has 1 amide bonds. The molecule has 6 nitrogen and oxygen atoms in total. The number of hydrogen-bond donors (Lipinski definition) is 2. The second-order valence-corrected chi connectivity index (χ2v) is 4.65. The van der Waals surface area contributed by atoms with Crippen molar-refractivity contribution in [3.05, 3.63) is 47.9 Å². The maximum Gasteiger partial charge on any atom is 0.269 e. The largest absolute Gasteiger partial charge is 0.453 e. The second kappa shape index (κ2) is 5.12. The van der Waals surface area contributed by atoms with Gasteiger partial charge in [-0.2, -0.15) is 5.06 Å². The van der Waals surface area contributed by atoms with E-state index >= 15 is 0 Å². The number of ether oxygens (including phenoxy) is 1. The number of pyridine rings is 1. The predicted molar refractivity (Wildman–Crippen MR) is 71.7 cm³/mol. The molecule has 1 aromatic carbocycles. The van der Waals surface area contributed by atoms with E-state index in [-0.39, 0.29) is 18.0 Å². The molecule has 0 unspecified atom stereocenters. The van der Waals surface area contributed by atoms with Crippen LogP contribution < -0.4 is 15.5 Å². The van der Waals surface area contributed by atoms with Crippen molar-refractivity contribution in [3.63, 3.8) is 0 Å². The fourth-order valence-corrected chi connectivity index (χ4v) is 2.12. The van der Waals surface area contributed by atoms with Gasteiger partial charge < -0.3 is 10.5 Å². The van der Waals surface area contributed by atoms with E-state index in [9.17, 15) is 14.4 Å². The van der Waals surface area contributed by atoms with Crippen LogP contribution in [-0.2, 0) is 11.2 Å². The highest BCUT2D eigenvalue weighted by Crippen LogP contribution is 2.30. The van der Waals surface area contributed by atoms with Crippen LogP contribution in [0.3, 0.4) is 0 Å². The number of nitrogens with zero attached hydrogens (tertiary/aromatic N) is 2. The van der Waals surface area contributed by atoms with Crippen molar-refractivity contribution in [3.8, 4) is 11.5 Å². The molecule has 3 rings (SSSR count). The Labute approximate surface area is 119 Å². The van der Waals surface area contributed by atoms with Gasteiger partial charge in [0.25, 0.3) is 5.91 Å². The monoisotopic (exact) mass is 289 g/mol. The maximum atomic E-state index is 13.5. The van der Waals surface area contributed by atoms with Crippen LogP contribution in [-0.4, -0.2) is 22.1 Å². The number of anilines is 1. The predicted octanol–water partition coefficient (Wildman–Crippen LogP) is 1.62.